The van der Waals surface area contributed by atoms with Crippen LogP contribution in [0.15, 0.2) is 84.9 Å². The van der Waals surface area contributed by atoms with E-state index in [1.165, 1.54) is 0 Å². The number of aromatic nitrogens is 1. The van der Waals surface area contributed by atoms with E-state index in [2.05, 4.69) is 40.2 Å². The van der Waals surface area contributed by atoms with Gasteiger partial charge in [0.15, 0.2) is 0 Å². The van der Waals surface area contributed by atoms with E-state index < -0.39 is 0 Å². The number of nitrogens with one attached hydrogen (secondary N) is 1. The van der Waals surface area contributed by atoms with Gasteiger partial charge >= 0.3 is 0 Å². The average molecular weight is 326 g/mol. The van der Waals surface area contributed by atoms with Crippen LogP contribution in [0.4, 0.5) is 5.69 Å². The van der Waals surface area contributed by atoms with Gasteiger partial charge in [-0.25, -0.2) is 0 Å². The van der Waals surface area contributed by atoms with Gasteiger partial charge in [0.1, 0.15) is 0 Å². The van der Waals surface area contributed by atoms with Gasteiger partial charge in [-0.15, -0.1) is 0 Å². The first-order valence-corrected chi connectivity index (χ1v) is 8.27. The molecule has 1 aromatic heterocycles. The van der Waals surface area contributed by atoms with Gasteiger partial charge < -0.3 is 9.88 Å². The van der Waals surface area contributed by atoms with Crippen molar-refractivity contribution in [1.82, 2.24) is 4.57 Å². The van der Waals surface area contributed by atoms with Gasteiger partial charge in [0.05, 0.1) is 16.9 Å². The van der Waals surface area contributed by atoms with E-state index in [0.29, 0.717) is 0 Å². The summed E-state index contributed by atoms with van der Waals surface area (Å²) in [5.41, 5.74) is 5.03. The molecular weight excluding hydrogens is 308 g/mol. The topological polar surface area (TPSA) is 34.0 Å². The van der Waals surface area contributed by atoms with Crippen LogP contribution in [-0.2, 0) is 4.79 Å². The molecule has 3 nitrogen and oxygen atoms in total. The van der Waals surface area contributed by atoms with Gasteiger partial charge in [0, 0.05) is 23.6 Å². The van der Waals surface area contributed by atoms with Crippen molar-refractivity contribution in [3.63, 3.8) is 0 Å². The first-order chi connectivity index (χ1) is 12.3. The summed E-state index contributed by atoms with van der Waals surface area (Å²) in [4.78, 5) is 11.9. The first kappa shape index (κ1) is 15.2. The predicted octanol–water partition coefficient (Wildman–Crippen LogP) is 5.26. The zero-order valence-corrected chi connectivity index (χ0v) is 13.9. The fourth-order valence-corrected chi connectivity index (χ4v) is 3.26. The van der Waals surface area contributed by atoms with Crippen LogP contribution < -0.4 is 5.32 Å². The number of hydrogen-bond acceptors (Lipinski definition) is 1. The lowest BCUT2D eigenvalue weighted by atomic mass is 10.1. The maximum Gasteiger partial charge on any atom is 0.221 e. The van der Waals surface area contributed by atoms with Crippen molar-refractivity contribution in [3.05, 3.63) is 84.9 Å². The molecule has 0 aliphatic carbocycles. The van der Waals surface area contributed by atoms with Crippen molar-refractivity contribution in [2.24, 2.45) is 0 Å². The predicted molar refractivity (Wildman–Crippen MR) is 103 cm³/mol. The second kappa shape index (κ2) is 6.29. The number of rotatable bonds is 3. The zero-order chi connectivity index (χ0) is 17.2. The van der Waals surface area contributed by atoms with Gasteiger partial charge in [0.2, 0.25) is 5.91 Å². The quantitative estimate of drug-likeness (QED) is 0.548. The van der Waals surface area contributed by atoms with Gasteiger partial charge in [-0.2, -0.15) is 0 Å². The molecule has 0 atom stereocenters. The van der Waals surface area contributed by atoms with Crippen molar-refractivity contribution in [3.8, 4) is 16.9 Å². The normalized spacial score (nSPS) is 10.8. The molecule has 4 rings (SSSR count). The lowest BCUT2D eigenvalue weighted by molar-refractivity contribution is -0.114. The van der Waals surface area contributed by atoms with E-state index in [1.54, 1.807) is 6.92 Å². The highest BCUT2D eigenvalue weighted by molar-refractivity contribution is 6.08. The Bertz CT molecular complexity index is 1030. The molecule has 3 aromatic carbocycles. The van der Waals surface area contributed by atoms with Crippen LogP contribution in [0.2, 0.25) is 0 Å². The third kappa shape index (κ3) is 2.70. The van der Waals surface area contributed by atoms with Crippen LogP contribution in [0.1, 0.15) is 6.92 Å². The molecule has 0 saturated heterocycles. The Morgan fingerprint density at radius 2 is 1.40 bits per heavy atom. The maximum absolute atomic E-state index is 11.9. The Morgan fingerprint density at radius 3 is 2.08 bits per heavy atom. The van der Waals surface area contributed by atoms with E-state index >= 15 is 0 Å². The average Bonchev–Trinajstić information content (AvgIpc) is 2.97. The number of para-hydroxylation sites is 2. The molecule has 0 fully saturated rings. The van der Waals surface area contributed by atoms with Crippen LogP contribution in [0.5, 0.6) is 0 Å². The smallest absolute Gasteiger partial charge is 0.221 e. The minimum atomic E-state index is -0.0758. The van der Waals surface area contributed by atoms with Crippen molar-refractivity contribution in [2.75, 3.05) is 5.32 Å². The molecule has 1 amide bonds. The third-order valence-corrected chi connectivity index (χ3v) is 4.24. The number of carbonyl (C=O) groups excluding carboxylic acids is 1. The monoisotopic (exact) mass is 326 g/mol. The summed E-state index contributed by atoms with van der Waals surface area (Å²) in [6, 6.07) is 28.5. The van der Waals surface area contributed by atoms with Gasteiger partial charge in [-0.1, -0.05) is 66.7 Å². The molecule has 0 aliphatic rings. The molecule has 0 saturated carbocycles. The fraction of sp³-hybridized carbons (Fsp3) is 0.0455. The second-order valence-corrected chi connectivity index (χ2v) is 5.96. The molecule has 3 heteroatoms. The van der Waals surface area contributed by atoms with Crippen LogP contribution in [0.25, 0.3) is 27.8 Å². The summed E-state index contributed by atoms with van der Waals surface area (Å²) < 4.78 is 2.20. The van der Waals surface area contributed by atoms with Crippen LogP contribution in [-0.4, -0.2) is 10.5 Å². The molecule has 25 heavy (non-hydrogen) atoms. The maximum atomic E-state index is 11.9. The number of anilines is 1. The van der Waals surface area contributed by atoms with Crippen LogP contribution >= 0.6 is 0 Å². The molecule has 122 valence electrons. The van der Waals surface area contributed by atoms with Crippen molar-refractivity contribution >= 4 is 22.5 Å². The number of carbonyl (C=O) groups is 1. The summed E-state index contributed by atoms with van der Waals surface area (Å²) in [6.07, 6.45) is 0. The van der Waals surface area contributed by atoms with E-state index in [-0.39, 0.29) is 5.91 Å². The molecule has 0 aliphatic heterocycles. The zero-order valence-electron chi connectivity index (χ0n) is 13.9. The van der Waals surface area contributed by atoms with Crippen molar-refractivity contribution in [2.45, 2.75) is 6.92 Å². The summed E-state index contributed by atoms with van der Waals surface area (Å²) in [6.45, 7) is 1.55. The number of hydrogen-bond donors (Lipinski definition) is 1. The number of nitrogens with zero attached hydrogens (tertiary/aromatic N) is 1. The van der Waals surface area contributed by atoms with Crippen LogP contribution in [0, 0.1) is 0 Å². The molecule has 0 spiro atoms. The van der Waals surface area contributed by atoms with E-state index in [9.17, 15) is 4.79 Å². The second-order valence-electron chi connectivity index (χ2n) is 5.96. The number of amides is 1. The first-order valence-electron chi connectivity index (χ1n) is 8.27. The van der Waals surface area contributed by atoms with Gasteiger partial charge in [-0.3, -0.25) is 4.79 Å². The highest BCUT2D eigenvalue weighted by Crippen LogP contribution is 2.40. The Morgan fingerprint density at radius 1 is 0.800 bits per heavy atom. The summed E-state index contributed by atoms with van der Waals surface area (Å²) in [5.74, 6) is -0.0758. The molecule has 0 unspecified atom stereocenters. The summed E-state index contributed by atoms with van der Waals surface area (Å²) in [5, 5.41) is 4.07. The lowest BCUT2D eigenvalue weighted by Crippen LogP contribution is -2.07. The Labute approximate surface area is 146 Å². The van der Waals surface area contributed by atoms with Crippen LogP contribution in [0.3, 0.4) is 0 Å². The van der Waals surface area contributed by atoms with Gasteiger partial charge in [0.25, 0.3) is 0 Å². The Kier molecular flexibility index (Phi) is 3.82. The van der Waals surface area contributed by atoms with Crippen molar-refractivity contribution < 1.29 is 4.79 Å². The highest BCUT2D eigenvalue weighted by atomic mass is 16.1. The van der Waals surface area contributed by atoms with Gasteiger partial charge in [-0.05, 0) is 18.2 Å². The minimum absolute atomic E-state index is 0.0758. The standard InChI is InChI=1S/C22H18N2O/c1-16(25)23-21-19-14-8-9-15-20(19)24(18-12-6-3-7-13-18)22(21)17-10-4-2-5-11-17/h2-15H,1H3,(H,23,25). The molecule has 1 N–H and O–H groups in total. The molecule has 1 heterocycles. The summed E-state index contributed by atoms with van der Waals surface area (Å²) in [7, 11) is 0. The van der Waals surface area contributed by atoms with E-state index in [1.807, 2.05) is 54.6 Å². The molecule has 4 aromatic rings. The summed E-state index contributed by atoms with van der Waals surface area (Å²) >= 11 is 0. The SMILES string of the molecule is CC(=O)Nc1c(-c2ccccc2)n(-c2ccccc2)c2ccccc12. The number of benzene rings is 3. The third-order valence-electron chi connectivity index (χ3n) is 4.24. The molecule has 0 radical (unpaired) electrons. The molecule has 0 bridgehead atoms. The number of fused-ring (bicyclic) bond motifs is 1. The highest BCUT2D eigenvalue weighted by Gasteiger charge is 2.20. The van der Waals surface area contributed by atoms with E-state index in [4.69, 9.17) is 0 Å². The minimum Gasteiger partial charge on any atom is -0.324 e. The largest absolute Gasteiger partial charge is 0.324 e. The van der Waals surface area contributed by atoms with E-state index in [0.717, 1.165) is 33.5 Å². The van der Waals surface area contributed by atoms with Crippen molar-refractivity contribution in [1.29, 1.82) is 0 Å². The Balaban J connectivity index is 2.13. The molecular formula is C22H18N2O. The Hall–Kier alpha value is -3.33. The lowest BCUT2D eigenvalue weighted by Gasteiger charge is -2.13. The fourth-order valence-electron chi connectivity index (χ4n) is 3.26.